The predicted octanol–water partition coefficient (Wildman–Crippen LogP) is 2.09. The van der Waals surface area contributed by atoms with Crippen LogP contribution in [0.4, 0.5) is 4.39 Å². The molecule has 0 aliphatic rings. The molecular weight excluding hydrogens is 303 g/mol. The number of nitrogens with two attached hydrogens (primary N) is 1. The highest BCUT2D eigenvalue weighted by atomic mass is 19.1. The van der Waals surface area contributed by atoms with Crippen molar-refractivity contribution in [2.24, 2.45) is 10.9 Å². The van der Waals surface area contributed by atoms with E-state index in [-0.39, 0.29) is 17.0 Å². The van der Waals surface area contributed by atoms with Crippen molar-refractivity contribution in [3.8, 4) is 0 Å². The van der Waals surface area contributed by atoms with Crippen molar-refractivity contribution in [1.82, 2.24) is 0 Å². The van der Waals surface area contributed by atoms with Crippen molar-refractivity contribution in [1.29, 1.82) is 0 Å². The topological polar surface area (TPSA) is 91.0 Å². The quantitative estimate of drug-likeness (QED) is 0.306. The van der Waals surface area contributed by atoms with Gasteiger partial charge in [0.25, 0.3) is 0 Å². The van der Waals surface area contributed by atoms with Gasteiger partial charge in [0.05, 0.1) is 23.7 Å². The lowest BCUT2D eigenvalue weighted by Crippen LogP contribution is -2.16. The molecule has 0 amide bonds. The fourth-order valence-electron chi connectivity index (χ4n) is 1.55. The van der Waals surface area contributed by atoms with Gasteiger partial charge in [-0.3, -0.25) is 0 Å². The minimum Gasteiger partial charge on any atom is -0.465 e. The highest BCUT2D eigenvalue weighted by Crippen LogP contribution is 2.09. The van der Waals surface area contributed by atoms with E-state index in [1.807, 2.05) is 0 Å². The summed E-state index contributed by atoms with van der Waals surface area (Å²) in [4.78, 5) is 28.0. The smallest absolute Gasteiger partial charge is 0.368 e. The Hall–Kier alpha value is -3.22. The van der Waals surface area contributed by atoms with Crippen molar-refractivity contribution >= 4 is 17.8 Å². The Morgan fingerprint density at radius 2 is 1.91 bits per heavy atom. The highest BCUT2D eigenvalue weighted by molar-refractivity contribution is 6.00. The number of carbonyl (C=O) groups is 2. The Bertz CT molecular complexity index is 937. The van der Waals surface area contributed by atoms with Crippen molar-refractivity contribution in [2.45, 2.75) is 0 Å². The minimum absolute atomic E-state index is 0.169. The number of benzene rings is 2. The summed E-state index contributed by atoms with van der Waals surface area (Å²) >= 11 is 0. The van der Waals surface area contributed by atoms with Crippen LogP contribution in [0.3, 0.4) is 0 Å². The molecule has 0 aliphatic heterocycles. The standard InChI is InChI=1S/C16H13FN2O4/c1-22-15(20)11-6-4-5-10(9-11)14(18)19-23-16(21)12-7-2-3-8-13(12)17/h2-9H,1H3,(H2,18,19)/i2D,3D,7D,8D. The first-order valence-electron chi connectivity index (χ1n) is 8.18. The predicted molar refractivity (Wildman–Crippen MR) is 80.3 cm³/mol. The van der Waals surface area contributed by atoms with Gasteiger partial charge >= 0.3 is 11.9 Å². The molecule has 0 aromatic heterocycles. The second kappa shape index (κ2) is 7.17. The van der Waals surface area contributed by atoms with Gasteiger partial charge in [-0.25, -0.2) is 14.0 Å². The van der Waals surface area contributed by atoms with E-state index < -0.39 is 47.5 Å². The van der Waals surface area contributed by atoms with Crippen LogP contribution in [0.5, 0.6) is 0 Å². The number of nitrogens with zero attached hydrogens (tertiary/aromatic N) is 1. The molecule has 0 fully saturated rings. The van der Waals surface area contributed by atoms with E-state index in [1.54, 1.807) is 0 Å². The van der Waals surface area contributed by atoms with Gasteiger partial charge in [-0.05, 0) is 24.2 Å². The number of ether oxygens (including phenoxy) is 1. The van der Waals surface area contributed by atoms with Gasteiger partial charge in [0.2, 0.25) is 0 Å². The number of carbonyl (C=O) groups excluding carboxylic acids is 2. The number of esters is 1. The van der Waals surface area contributed by atoms with Crippen LogP contribution >= 0.6 is 0 Å². The van der Waals surface area contributed by atoms with Gasteiger partial charge in [0.15, 0.2) is 5.84 Å². The third kappa shape index (κ3) is 3.91. The number of hydrogen-bond donors (Lipinski definition) is 1. The van der Waals surface area contributed by atoms with Gasteiger partial charge in [-0.2, -0.15) is 0 Å². The molecule has 7 heteroatoms. The van der Waals surface area contributed by atoms with Gasteiger partial charge in [-0.1, -0.05) is 29.4 Å². The summed E-state index contributed by atoms with van der Waals surface area (Å²) in [5.41, 5.74) is 5.05. The zero-order valence-electron chi connectivity index (χ0n) is 15.8. The van der Waals surface area contributed by atoms with E-state index in [0.717, 1.165) is 0 Å². The molecule has 23 heavy (non-hydrogen) atoms. The molecule has 0 saturated heterocycles. The Kier molecular flexibility index (Phi) is 3.54. The summed E-state index contributed by atoms with van der Waals surface area (Å²) < 4.78 is 48.4. The van der Waals surface area contributed by atoms with Crippen molar-refractivity contribution in [3.05, 3.63) is 70.9 Å². The average molecular weight is 320 g/mol. The first kappa shape index (κ1) is 11.4. The maximum atomic E-state index is 14.0. The maximum Gasteiger partial charge on any atom is 0.368 e. The normalized spacial score (nSPS) is 13.4. The second-order valence-corrected chi connectivity index (χ2v) is 4.12. The lowest BCUT2D eigenvalue weighted by molar-refractivity contribution is 0.0509. The van der Waals surface area contributed by atoms with Crippen LogP contribution in [0.2, 0.25) is 0 Å². The highest BCUT2D eigenvalue weighted by Gasteiger charge is 2.13. The van der Waals surface area contributed by atoms with Gasteiger partial charge in [0.1, 0.15) is 5.82 Å². The second-order valence-electron chi connectivity index (χ2n) is 4.12. The van der Waals surface area contributed by atoms with Crippen LogP contribution in [0, 0.1) is 5.82 Å². The molecule has 0 heterocycles. The summed E-state index contributed by atoms with van der Waals surface area (Å²) in [5.74, 6) is -3.86. The van der Waals surface area contributed by atoms with Crippen molar-refractivity contribution < 1.29 is 29.0 Å². The van der Waals surface area contributed by atoms with Gasteiger partial charge in [-0.15, -0.1) is 0 Å². The van der Waals surface area contributed by atoms with Gasteiger partial charge < -0.3 is 15.3 Å². The van der Waals surface area contributed by atoms with E-state index in [0.29, 0.717) is 0 Å². The Balaban J connectivity index is 2.31. The third-order valence-corrected chi connectivity index (χ3v) is 2.65. The van der Waals surface area contributed by atoms with E-state index in [1.165, 1.54) is 31.4 Å². The van der Waals surface area contributed by atoms with Crippen LogP contribution in [0.15, 0.2) is 53.6 Å². The number of hydrogen-bond acceptors (Lipinski definition) is 5. The van der Waals surface area contributed by atoms with Crippen molar-refractivity contribution in [2.75, 3.05) is 7.11 Å². The molecule has 0 radical (unpaired) electrons. The summed E-state index contributed by atoms with van der Waals surface area (Å²) in [6, 6.07) is 2.21. The first-order chi connectivity index (χ1) is 12.7. The van der Waals surface area contributed by atoms with E-state index in [4.69, 9.17) is 11.2 Å². The molecule has 0 spiro atoms. The molecular formula is C16H13FN2O4. The summed E-state index contributed by atoms with van der Waals surface area (Å²) in [6.45, 7) is 0. The summed E-state index contributed by atoms with van der Waals surface area (Å²) in [5, 5.41) is 3.33. The average Bonchev–Trinajstić information content (AvgIpc) is 2.68. The molecule has 0 unspecified atom stereocenters. The van der Waals surface area contributed by atoms with Crippen molar-refractivity contribution in [3.63, 3.8) is 0 Å². The van der Waals surface area contributed by atoms with Crippen LogP contribution in [-0.4, -0.2) is 24.9 Å². The lowest BCUT2D eigenvalue weighted by Gasteiger charge is -2.04. The van der Waals surface area contributed by atoms with Crippen LogP contribution < -0.4 is 5.73 Å². The summed E-state index contributed by atoms with van der Waals surface area (Å²) in [6.07, 6.45) is 0. The van der Waals surface area contributed by atoms with E-state index in [2.05, 4.69) is 14.7 Å². The van der Waals surface area contributed by atoms with Crippen LogP contribution in [0.25, 0.3) is 0 Å². The molecule has 2 aromatic carbocycles. The van der Waals surface area contributed by atoms with E-state index in [9.17, 15) is 14.0 Å². The molecule has 6 nitrogen and oxygen atoms in total. The zero-order chi connectivity index (χ0) is 20.3. The first-order valence-corrected chi connectivity index (χ1v) is 6.18. The Morgan fingerprint density at radius 3 is 2.65 bits per heavy atom. The molecule has 0 atom stereocenters. The SMILES string of the molecule is [2H]c1c([2H])c([2H])c(C(=O)O/N=C(\N)c2cccc(C(=O)OC)c2)c(F)c1[2H]. The third-order valence-electron chi connectivity index (χ3n) is 2.65. The number of oxime groups is 1. The van der Waals surface area contributed by atoms with Gasteiger partial charge in [0, 0.05) is 5.56 Å². The largest absolute Gasteiger partial charge is 0.465 e. The molecule has 2 N–H and O–H groups in total. The van der Waals surface area contributed by atoms with Crippen LogP contribution in [-0.2, 0) is 9.57 Å². The number of methoxy groups -OCH3 is 1. The van der Waals surface area contributed by atoms with E-state index >= 15 is 0 Å². The monoisotopic (exact) mass is 320 g/mol. The summed E-state index contributed by atoms with van der Waals surface area (Å²) in [7, 11) is 1.20. The number of rotatable bonds is 4. The fourth-order valence-corrected chi connectivity index (χ4v) is 1.55. The fraction of sp³-hybridized carbons (Fsp3) is 0.0625. The maximum absolute atomic E-state index is 14.0. The molecule has 0 saturated carbocycles. The number of halogens is 1. The molecule has 2 aromatic rings. The Labute approximate surface area is 136 Å². The Morgan fingerprint density at radius 1 is 1.22 bits per heavy atom. The number of amidine groups is 1. The molecule has 118 valence electrons. The van der Waals surface area contributed by atoms with Crippen LogP contribution in [0.1, 0.15) is 31.8 Å². The minimum atomic E-state index is -1.47. The molecule has 0 bridgehead atoms. The molecule has 0 aliphatic carbocycles. The zero-order valence-corrected chi connectivity index (χ0v) is 11.8. The lowest BCUT2D eigenvalue weighted by atomic mass is 10.1. The molecule has 2 rings (SSSR count).